The van der Waals surface area contributed by atoms with Gasteiger partial charge in [-0.15, -0.1) is 0 Å². The predicted octanol–water partition coefficient (Wildman–Crippen LogP) is -1.51. The number of nitrogens with one attached hydrogen (secondary N) is 1. The third-order valence-electron chi connectivity index (χ3n) is 1.31. The van der Waals surface area contributed by atoms with Gasteiger partial charge in [0.2, 0.25) is 0 Å². The fourth-order valence-corrected chi connectivity index (χ4v) is 0.761. The summed E-state index contributed by atoms with van der Waals surface area (Å²) in [5, 5.41) is 11.3. The highest BCUT2D eigenvalue weighted by Gasteiger charge is 2.33. The maximum atomic E-state index is 10.2. The van der Waals surface area contributed by atoms with E-state index in [1.165, 1.54) is 0 Å². The van der Waals surface area contributed by atoms with Gasteiger partial charge in [0.15, 0.2) is 12.0 Å². The molecule has 1 fully saturated rings. The zero-order valence-electron chi connectivity index (χ0n) is 4.96. The summed E-state index contributed by atoms with van der Waals surface area (Å²) in [5.41, 5.74) is -1.10. The molecule has 2 N–H and O–H groups in total. The molecule has 0 spiro atoms. The molecule has 0 aromatic carbocycles. The van der Waals surface area contributed by atoms with Crippen LogP contribution in [0.4, 0.5) is 0 Å². The Hall–Kier alpha value is -0.450. The summed E-state index contributed by atoms with van der Waals surface area (Å²) in [6.07, 6.45) is 0.583. The van der Waals surface area contributed by atoms with Gasteiger partial charge < -0.3 is 9.84 Å². The molecule has 9 heavy (non-hydrogen) atoms. The minimum Gasteiger partial charge on any atom is -0.391 e. The van der Waals surface area contributed by atoms with Gasteiger partial charge in [0.05, 0.1) is 13.2 Å². The molecule has 4 nitrogen and oxygen atoms in total. The molecule has 4 heteroatoms. The highest BCUT2D eigenvalue weighted by Crippen LogP contribution is 2.06. The topological polar surface area (TPSA) is 58.6 Å². The minimum absolute atomic E-state index is 0.295. The molecule has 0 radical (unpaired) electrons. The van der Waals surface area contributed by atoms with E-state index < -0.39 is 5.72 Å². The Bertz CT molecular complexity index is 109. The maximum absolute atomic E-state index is 10.2. The number of rotatable bonds is 2. The highest BCUT2D eigenvalue weighted by atomic mass is 16.5. The number of hydrogen-bond acceptors (Lipinski definition) is 4. The van der Waals surface area contributed by atoms with Gasteiger partial charge in [-0.3, -0.25) is 10.1 Å². The monoisotopic (exact) mass is 131 g/mol. The molecule has 0 aliphatic carbocycles. The van der Waals surface area contributed by atoms with Gasteiger partial charge in [-0.05, 0) is 0 Å². The zero-order chi connectivity index (χ0) is 6.74. The molecule has 0 amide bonds. The Kier molecular flexibility index (Phi) is 1.80. The van der Waals surface area contributed by atoms with Crippen LogP contribution >= 0.6 is 0 Å². The Morgan fingerprint density at radius 2 is 2.67 bits per heavy atom. The molecule has 52 valence electrons. The van der Waals surface area contributed by atoms with Gasteiger partial charge in [-0.2, -0.15) is 0 Å². The van der Waals surface area contributed by atoms with Crippen LogP contribution in [0, 0.1) is 0 Å². The Morgan fingerprint density at radius 3 is 2.89 bits per heavy atom. The van der Waals surface area contributed by atoms with E-state index >= 15 is 0 Å². The largest absolute Gasteiger partial charge is 0.391 e. The third-order valence-corrected chi connectivity index (χ3v) is 1.31. The van der Waals surface area contributed by atoms with Crippen molar-refractivity contribution in [3.8, 4) is 0 Å². The van der Waals surface area contributed by atoms with Crippen molar-refractivity contribution in [2.45, 2.75) is 5.72 Å². The van der Waals surface area contributed by atoms with Crippen LogP contribution in [-0.4, -0.2) is 36.9 Å². The number of aliphatic hydroxyl groups is 1. The van der Waals surface area contributed by atoms with Crippen LogP contribution in [0.25, 0.3) is 0 Å². The van der Waals surface area contributed by atoms with Crippen molar-refractivity contribution < 1.29 is 14.6 Å². The highest BCUT2D eigenvalue weighted by molar-refractivity contribution is 5.62. The van der Waals surface area contributed by atoms with Crippen molar-refractivity contribution in [1.82, 2.24) is 5.32 Å². The SMILES string of the molecule is O=CC1(CO)NCCO1. The van der Waals surface area contributed by atoms with E-state index in [0.29, 0.717) is 19.4 Å². The summed E-state index contributed by atoms with van der Waals surface area (Å²) in [5.74, 6) is 0. The van der Waals surface area contributed by atoms with Gasteiger partial charge in [-0.1, -0.05) is 0 Å². The average molecular weight is 131 g/mol. The quantitative estimate of drug-likeness (QED) is 0.447. The van der Waals surface area contributed by atoms with Crippen LogP contribution in [0.15, 0.2) is 0 Å². The lowest BCUT2D eigenvalue weighted by Crippen LogP contribution is -2.46. The lowest BCUT2D eigenvalue weighted by Gasteiger charge is -2.17. The summed E-state index contributed by atoms with van der Waals surface area (Å²) in [6, 6.07) is 0. The second-order valence-electron chi connectivity index (χ2n) is 1.94. The van der Waals surface area contributed by atoms with E-state index in [-0.39, 0.29) is 6.61 Å². The normalized spacial score (nSPS) is 34.8. The van der Waals surface area contributed by atoms with E-state index in [4.69, 9.17) is 9.84 Å². The lowest BCUT2D eigenvalue weighted by atomic mass is 10.3. The fourth-order valence-electron chi connectivity index (χ4n) is 0.761. The van der Waals surface area contributed by atoms with Crippen LogP contribution in [0.5, 0.6) is 0 Å². The van der Waals surface area contributed by atoms with Crippen molar-refractivity contribution in [1.29, 1.82) is 0 Å². The van der Waals surface area contributed by atoms with Gasteiger partial charge in [-0.25, -0.2) is 0 Å². The number of ether oxygens (including phenoxy) is 1. The maximum Gasteiger partial charge on any atom is 0.198 e. The van der Waals surface area contributed by atoms with Gasteiger partial charge in [0.25, 0.3) is 0 Å². The Labute approximate surface area is 52.8 Å². The number of aldehydes is 1. The van der Waals surface area contributed by atoms with Crippen molar-refractivity contribution >= 4 is 6.29 Å². The molecule has 1 aliphatic heterocycles. The van der Waals surface area contributed by atoms with Gasteiger partial charge in [0, 0.05) is 6.54 Å². The Balaban J connectivity index is 2.55. The van der Waals surface area contributed by atoms with Crippen molar-refractivity contribution in [3.05, 3.63) is 0 Å². The number of aliphatic hydroxyl groups excluding tert-OH is 1. The van der Waals surface area contributed by atoms with Crippen LogP contribution in [0.2, 0.25) is 0 Å². The van der Waals surface area contributed by atoms with E-state index in [2.05, 4.69) is 5.32 Å². The molecule has 1 atom stereocenters. The molecule has 1 rings (SSSR count). The van der Waals surface area contributed by atoms with Gasteiger partial charge in [0.1, 0.15) is 0 Å². The summed E-state index contributed by atoms with van der Waals surface area (Å²) >= 11 is 0. The Morgan fingerprint density at radius 1 is 1.89 bits per heavy atom. The standard InChI is InChI=1S/C5H9NO3/c7-3-5(4-8)6-1-2-9-5/h3,6,8H,1-2,4H2. The molecule has 0 aromatic heterocycles. The van der Waals surface area contributed by atoms with Crippen LogP contribution in [-0.2, 0) is 9.53 Å². The number of carbonyl (C=O) groups excluding carboxylic acids is 1. The first-order chi connectivity index (χ1) is 4.33. The molecule has 1 unspecified atom stereocenters. The molecular formula is C5H9NO3. The van der Waals surface area contributed by atoms with Crippen molar-refractivity contribution in [3.63, 3.8) is 0 Å². The number of carbonyl (C=O) groups is 1. The molecule has 1 saturated heterocycles. The second kappa shape index (κ2) is 2.43. The summed E-state index contributed by atoms with van der Waals surface area (Å²) in [6.45, 7) is 0.815. The summed E-state index contributed by atoms with van der Waals surface area (Å²) < 4.78 is 4.91. The fraction of sp³-hybridized carbons (Fsp3) is 0.800. The first-order valence-corrected chi connectivity index (χ1v) is 2.79. The first kappa shape index (κ1) is 6.67. The van der Waals surface area contributed by atoms with E-state index in [9.17, 15) is 4.79 Å². The molecule has 0 aromatic rings. The van der Waals surface area contributed by atoms with Crippen molar-refractivity contribution in [2.24, 2.45) is 0 Å². The minimum atomic E-state index is -1.10. The third kappa shape index (κ3) is 1.10. The lowest BCUT2D eigenvalue weighted by molar-refractivity contribution is -0.132. The molecular weight excluding hydrogens is 122 g/mol. The van der Waals surface area contributed by atoms with Crippen LogP contribution in [0.1, 0.15) is 0 Å². The second-order valence-corrected chi connectivity index (χ2v) is 1.94. The molecule has 1 aliphatic rings. The van der Waals surface area contributed by atoms with E-state index in [1.807, 2.05) is 0 Å². The van der Waals surface area contributed by atoms with Crippen LogP contribution < -0.4 is 5.32 Å². The van der Waals surface area contributed by atoms with Crippen LogP contribution in [0.3, 0.4) is 0 Å². The smallest absolute Gasteiger partial charge is 0.198 e. The van der Waals surface area contributed by atoms with Gasteiger partial charge >= 0.3 is 0 Å². The average Bonchev–Trinajstić information content (AvgIpc) is 2.36. The first-order valence-electron chi connectivity index (χ1n) is 2.79. The molecule has 0 bridgehead atoms. The zero-order valence-corrected chi connectivity index (χ0v) is 4.96. The number of hydrogen-bond donors (Lipinski definition) is 2. The van der Waals surface area contributed by atoms with E-state index in [1.54, 1.807) is 0 Å². The molecule has 1 heterocycles. The molecule has 0 saturated carbocycles. The van der Waals surface area contributed by atoms with Crippen molar-refractivity contribution in [2.75, 3.05) is 19.8 Å². The summed E-state index contributed by atoms with van der Waals surface area (Å²) in [7, 11) is 0. The predicted molar refractivity (Wildman–Crippen MR) is 29.8 cm³/mol. The summed E-state index contributed by atoms with van der Waals surface area (Å²) in [4.78, 5) is 10.2. The van der Waals surface area contributed by atoms with E-state index in [0.717, 1.165) is 0 Å².